The molecule has 0 atom stereocenters. The predicted molar refractivity (Wildman–Crippen MR) is 104 cm³/mol. The number of aryl methyl sites for hydroxylation is 1. The first-order valence-electron chi connectivity index (χ1n) is 8.62. The number of hydrogen-bond acceptors (Lipinski definition) is 3. The molecule has 3 N–H and O–H groups in total. The van der Waals surface area contributed by atoms with E-state index >= 15 is 0 Å². The van der Waals surface area contributed by atoms with Gasteiger partial charge in [-0.2, -0.15) is 8.42 Å². The van der Waals surface area contributed by atoms with Gasteiger partial charge in [0.15, 0.2) is 0 Å². The third-order valence-electron chi connectivity index (χ3n) is 4.39. The van der Waals surface area contributed by atoms with Gasteiger partial charge in [0.05, 0.1) is 0 Å². The van der Waals surface area contributed by atoms with Gasteiger partial charge in [-0.25, -0.2) is 0 Å². The van der Waals surface area contributed by atoms with Crippen molar-refractivity contribution in [1.82, 2.24) is 0 Å². The first kappa shape index (κ1) is 21.4. The zero-order valence-corrected chi connectivity index (χ0v) is 16.1. The second-order valence-electron chi connectivity index (χ2n) is 6.09. The van der Waals surface area contributed by atoms with E-state index in [1.165, 1.54) is 11.1 Å². The molecule has 2 rings (SSSR count). The van der Waals surface area contributed by atoms with Crippen LogP contribution < -0.4 is 5.73 Å². The van der Waals surface area contributed by atoms with Crippen LogP contribution in [0.1, 0.15) is 50.3 Å². The Hall–Kier alpha value is -1.69. The minimum atomic E-state index is -3.88. The van der Waals surface area contributed by atoms with E-state index in [9.17, 15) is 8.42 Å². The summed E-state index contributed by atoms with van der Waals surface area (Å²) >= 11 is 0. The van der Waals surface area contributed by atoms with E-state index in [0.29, 0.717) is 5.56 Å². The largest absolute Gasteiger partial charge is 0.321 e. The van der Waals surface area contributed by atoms with Crippen LogP contribution in [0.3, 0.4) is 0 Å². The monoisotopic (exact) mass is 363 g/mol. The molecule has 0 saturated carbocycles. The second-order valence-corrected chi connectivity index (χ2v) is 7.54. The lowest BCUT2D eigenvalue weighted by molar-refractivity contribution is 0.409. The fourth-order valence-corrected chi connectivity index (χ4v) is 3.34. The van der Waals surface area contributed by atoms with Crippen LogP contribution in [-0.4, -0.2) is 13.0 Å². The van der Waals surface area contributed by atoms with E-state index < -0.39 is 10.1 Å². The minimum absolute atomic E-state index is 0.132. The van der Waals surface area contributed by atoms with Crippen LogP contribution in [0.25, 0.3) is 0 Å². The highest BCUT2D eigenvalue weighted by Gasteiger charge is 2.24. The van der Waals surface area contributed by atoms with Crippen LogP contribution in [0, 0.1) is 0 Å². The Morgan fingerprint density at radius 3 is 1.92 bits per heavy atom. The minimum Gasteiger partial charge on any atom is -0.321 e. The summed E-state index contributed by atoms with van der Waals surface area (Å²) in [5.41, 5.74) is 9.57. The van der Waals surface area contributed by atoms with Crippen LogP contribution in [0.4, 0.5) is 0 Å². The summed E-state index contributed by atoms with van der Waals surface area (Å²) in [4.78, 5) is 0. The normalized spacial score (nSPS) is 11.6. The van der Waals surface area contributed by atoms with Crippen LogP contribution >= 0.6 is 0 Å². The average molecular weight is 364 g/mol. The van der Waals surface area contributed by atoms with Crippen molar-refractivity contribution in [2.75, 3.05) is 0 Å². The molecule has 0 radical (unpaired) electrons. The number of nitrogens with two attached hydrogens (primary N) is 1. The fraction of sp³-hybridized carbons (Fsp3) is 0.400. The zero-order valence-electron chi connectivity index (χ0n) is 15.3. The van der Waals surface area contributed by atoms with Crippen molar-refractivity contribution in [2.45, 2.75) is 51.3 Å². The maximum Gasteiger partial charge on any atom is 0.269 e. The lowest BCUT2D eigenvalue weighted by Crippen LogP contribution is -2.36. The summed E-state index contributed by atoms with van der Waals surface area (Å²) in [5.74, 6) is -0.312. The Balaban J connectivity index is 0.000000257. The zero-order chi connectivity index (χ0) is 18.9. The molecule has 0 heterocycles. The Morgan fingerprint density at radius 1 is 0.920 bits per heavy atom. The highest BCUT2D eigenvalue weighted by atomic mass is 32.2. The average Bonchev–Trinajstić information content (AvgIpc) is 2.61. The third kappa shape index (κ3) is 6.98. The molecule has 5 heteroatoms. The summed E-state index contributed by atoms with van der Waals surface area (Å²) in [6.07, 6.45) is 3.07. The van der Waals surface area contributed by atoms with Gasteiger partial charge in [-0.15, -0.1) is 0 Å². The lowest BCUT2D eigenvalue weighted by Gasteiger charge is -2.29. The Bertz CT molecular complexity index is 739. The number of rotatable bonds is 6. The summed E-state index contributed by atoms with van der Waals surface area (Å²) in [7, 11) is -3.88. The molecular formula is C20H29NO3S. The molecule has 0 aromatic heterocycles. The summed E-state index contributed by atoms with van der Waals surface area (Å²) in [6, 6.07) is 17.1. The first-order chi connectivity index (χ1) is 11.8. The van der Waals surface area contributed by atoms with Crippen molar-refractivity contribution in [3.63, 3.8) is 0 Å². The Morgan fingerprint density at radius 2 is 1.44 bits per heavy atom. The Labute approximate surface area is 151 Å². The van der Waals surface area contributed by atoms with E-state index in [0.717, 1.165) is 19.3 Å². The van der Waals surface area contributed by atoms with Gasteiger partial charge < -0.3 is 5.73 Å². The molecule has 0 spiro atoms. The van der Waals surface area contributed by atoms with Gasteiger partial charge in [0.25, 0.3) is 10.1 Å². The molecule has 2 aromatic rings. The topological polar surface area (TPSA) is 80.4 Å². The number of hydrogen-bond donors (Lipinski definition) is 2. The van der Waals surface area contributed by atoms with E-state index in [-0.39, 0.29) is 11.3 Å². The van der Waals surface area contributed by atoms with Gasteiger partial charge in [0, 0.05) is 5.54 Å². The smallest absolute Gasteiger partial charge is 0.269 e. The summed E-state index contributed by atoms with van der Waals surface area (Å²) in [6.45, 7) is 6.51. The summed E-state index contributed by atoms with van der Waals surface area (Å²) < 4.78 is 29.2. The maximum atomic E-state index is 10.4. The quantitative estimate of drug-likeness (QED) is 0.750. The second kappa shape index (κ2) is 9.70. The molecule has 0 fully saturated rings. The lowest BCUT2D eigenvalue weighted by atomic mass is 9.82. The molecular weight excluding hydrogens is 334 g/mol. The van der Waals surface area contributed by atoms with Gasteiger partial charge in [-0.05, 0) is 36.0 Å². The van der Waals surface area contributed by atoms with Crippen molar-refractivity contribution in [1.29, 1.82) is 0 Å². The molecule has 2 aromatic carbocycles. The van der Waals surface area contributed by atoms with Crippen molar-refractivity contribution in [3.8, 4) is 0 Å². The molecule has 0 aliphatic heterocycles. The molecule has 0 aliphatic carbocycles. The molecule has 25 heavy (non-hydrogen) atoms. The molecule has 4 nitrogen and oxygen atoms in total. The first-order valence-corrected chi connectivity index (χ1v) is 10.2. The number of benzene rings is 2. The maximum absolute atomic E-state index is 10.4. The van der Waals surface area contributed by atoms with E-state index in [2.05, 4.69) is 45.0 Å². The van der Waals surface area contributed by atoms with Gasteiger partial charge in [-0.1, -0.05) is 75.4 Å². The van der Waals surface area contributed by atoms with Crippen molar-refractivity contribution >= 4 is 10.1 Å². The van der Waals surface area contributed by atoms with Crippen molar-refractivity contribution in [2.24, 2.45) is 5.73 Å². The van der Waals surface area contributed by atoms with Gasteiger partial charge in [-0.3, -0.25) is 4.55 Å². The van der Waals surface area contributed by atoms with Crippen LogP contribution in [0.15, 0.2) is 54.6 Å². The van der Waals surface area contributed by atoms with Gasteiger partial charge in [0.2, 0.25) is 0 Å². The van der Waals surface area contributed by atoms with Crippen molar-refractivity contribution < 1.29 is 13.0 Å². The van der Waals surface area contributed by atoms with Crippen LogP contribution in [0.5, 0.6) is 0 Å². The SMILES string of the molecule is CCc1ccccc1C(N)(CC)CC.O=S(=O)(O)Cc1ccccc1. The molecule has 0 unspecified atom stereocenters. The van der Waals surface area contributed by atoms with E-state index in [1.807, 2.05) is 0 Å². The van der Waals surface area contributed by atoms with E-state index in [1.54, 1.807) is 30.3 Å². The molecule has 138 valence electrons. The Kier molecular flexibility index (Phi) is 8.29. The fourth-order valence-electron chi connectivity index (χ4n) is 2.73. The van der Waals surface area contributed by atoms with Gasteiger partial charge in [0.1, 0.15) is 5.75 Å². The molecule has 0 bridgehead atoms. The third-order valence-corrected chi connectivity index (χ3v) is 5.09. The summed E-state index contributed by atoms with van der Waals surface area (Å²) in [5, 5.41) is 0. The highest BCUT2D eigenvalue weighted by molar-refractivity contribution is 7.85. The van der Waals surface area contributed by atoms with Crippen LogP contribution in [0.2, 0.25) is 0 Å². The predicted octanol–water partition coefficient (Wildman–Crippen LogP) is 4.30. The molecule has 0 amide bonds. The van der Waals surface area contributed by atoms with E-state index in [4.69, 9.17) is 10.3 Å². The van der Waals surface area contributed by atoms with Crippen LogP contribution in [-0.2, 0) is 27.8 Å². The van der Waals surface area contributed by atoms with Gasteiger partial charge >= 0.3 is 0 Å². The van der Waals surface area contributed by atoms with Crippen molar-refractivity contribution in [3.05, 3.63) is 71.3 Å². The molecule has 0 saturated heterocycles. The molecule has 0 aliphatic rings. The standard InChI is InChI=1S/C13H21N.C7H8O3S/c1-4-11-9-7-8-10-12(11)13(14,5-2)6-3;8-11(9,10)6-7-4-2-1-3-5-7/h7-10H,4-6,14H2,1-3H3;1-5H,6H2,(H,8,9,10). The highest BCUT2D eigenvalue weighted by Crippen LogP contribution is 2.28.